The van der Waals surface area contributed by atoms with Crippen LogP contribution in [0.15, 0.2) is 17.5 Å². The van der Waals surface area contributed by atoms with Gasteiger partial charge in [0.15, 0.2) is 0 Å². The van der Waals surface area contributed by atoms with Crippen LogP contribution < -0.4 is 5.32 Å². The maximum Gasteiger partial charge on any atom is 0.445 e. The molecule has 2 heterocycles. The van der Waals surface area contributed by atoms with E-state index < -0.39 is 11.2 Å². The Morgan fingerprint density at radius 3 is 2.69 bits per heavy atom. The highest BCUT2D eigenvalue weighted by Gasteiger charge is 2.35. The van der Waals surface area contributed by atoms with Crippen molar-refractivity contribution in [1.82, 2.24) is 10.2 Å². The highest BCUT2D eigenvalue weighted by atomic mass is 32.1. The summed E-state index contributed by atoms with van der Waals surface area (Å²) >= 11 is 2.03. The lowest BCUT2D eigenvalue weighted by Gasteiger charge is -1.99. The minimum Gasteiger partial charge on any atom is -0.355 e. The number of rotatable bonds is 3. The van der Waals surface area contributed by atoms with Gasteiger partial charge in [0.2, 0.25) is 10.1 Å². The molecule has 2 aromatic rings. The summed E-state index contributed by atoms with van der Waals surface area (Å²) in [6, 6.07) is 3.77. The third-order valence-electron chi connectivity index (χ3n) is 1.66. The normalized spacial score (nSPS) is 11.7. The van der Waals surface area contributed by atoms with E-state index in [0.29, 0.717) is 17.9 Å². The monoisotopic (exact) mass is 265 g/mol. The Bertz CT molecular complexity index is 449. The Morgan fingerprint density at radius 1 is 1.31 bits per heavy atom. The van der Waals surface area contributed by atoms with E-state index in [1.807, 2.05) is 17.5 Å². The minimum atomic E-state index is -4.42. The maximum absolute atomic E-state index is 12.2. The average Bonchev–Trinajstić information content (AvgIpc) is 2.85. The molecule has 3 nitrogen and oxygen atoms in total. The zero-order chi connectivity index (χ0) is 11.6. The van der Waals surface area contributed by atoms with Crippen LogP contribution >= 0.6 is 22.7 Å². The molecule has 0 radical (unpaired) electrons. The second-order valence-corrected chi connectivity index (χ2v) is 4.85. The Balaban J connectivity index is 1.98. The second-order valence-electron chi connectivity index (χ2n) is 2.84. The summed E-state index contributed by atoms with van der Waals surface area (Å²) in [5.74, 6) is 0. The molecule has 0 spiro atoms. The van der Waals surface area contributed by atoms with Crippen LogP contribution in [0, 0.1) is 0 Å². The quantitative estimate of drug-likeness (QED) is 0.925. The number of aromatic nitrogens is 2. The highest BCUT2D eigenvalue weighted by Crippen LogP contribution is 2.33. The Morgan fingerprint density at radius 2 is 2.12 bits per heavy atom. The van der Waals surface area contributed by atoms with Crippen molar-refractivity contribution in [3.8, 4) is 0 Å². The van der Waals surface area contributed by atoms with Crippen LogP contribution in [-0.2, 0) is 12.7 Å². The van der Waals surface area contributed by atoms with E-state index in [0.717, 1.165) is 4.88 Å². The molecule has 8 heteroatoms. The number of nitrogens with one attached hydrogen (secondary N) is 1. The van der Waals surface area contributed by atoms with Crippen molar-refractivity contribution in [3.05, 3.63) is 27.4 Å². The molecule has 1 N–H and O–H groups in total. The molecule has 0 saturated carbocycles. The third kappa shape index (κ3) is 2.70. The fraction of sp³-hybridized carbons (Fsp3) is 0.250. The molecule has 0 atom stereocenters. The molecular formula is C8H6F3N3S2. The van der Waals surface area contributed by atoms with Crippen molar-refractivity contribution in [1.29, 1.82) is 0 Å². The van der Waals surface area contributed by atoms with Gasteiger partial charge >= 0.3 is 6.18 Å². The molecule has 0 aliphatic carbocycles. The van der Waals surface area contributed by atoms with Gasteiger partial charge in [-0.2, -0.15) is 13.2 Å². The van der Waals surface area contributed by atoms with E-state index in [1.165, 1.54) is 11.3 Å². The van der Waals surface area contributed by atoms with Gasteiger partial charge in [0.1, 0.15) is 0 Å². The van der Waals surface area contributed by atoms with Crippen molar-refractivity contribution >= 4 is 27.8 Å². The van der Waals surface area contributed by atoms with Gasteiger partial charge in [-0.3, -0.25) is 0 Å². The Hall–Kier alpha value is -1.15. The largest absolute Gasteiger partial charge is 0.445 e. The zero-order valence-electron chi connectivity index (χ0n) is 7.78. The van der Waals surface area contributed by atoms with Crippen LogP contribution in [0.4, 0.5) is 18.3 Å². The molecule has 0 saturated heterocycles. The van der Waals surface area contributed by atoms with Gasteiger partial charge in [-0.25, -0.2) is 0 Å². The van der Waals surface area contributed by atoms with Gasteiger partial charge in [-0.1, -0.05) is 17.4 Å². The first-order valence-corrected chi connectivity index (χ1v) is 5.92. The van der Waals surface area contributed by atoms with Crippen LogP contribution in [0.2, 0.25) is 0 Å². The molecule has 2 rings (SSSR count). The van der Waals surface area contributed by atoms with Crippen LogP contribution in [0.1, 0.15) is 9.88 Å². The summed E-state index contributed by atoms with van der Waals surface area (Å²) < 4.78 is 36.6. The van der Waals surface area contributed by atoms with Crippen LogP contribution in [0.5, 0.6) is 0 Å². The number of hydrogen-bond donors (Lipinski definition) is 1. The second kappa shape index (κ2) is 4.38. The first-order valence-electron chi connectivity index (χ1n) is 4.22. The molecular weight excluding hydrogens is 259 g/mol. The lowest BCUT2D eigenvalue weighted by atomic mass is 10.5. The molecule has 0 unspecified atom stereocenters. The lowest BCUT2D eigenvalue weighted by molar-refractivity contribution is -0.138. The zero-order valence-corrected chi connectivity index (χ0v) is 9.42. The summed E-state index contributed by atoms with van der Waals surface area (Å²) in [6.45, 7) is 0.462. The van der Waals surface area contributed by atoms with Crippen molar-refractivity contribution in [2.75, 3.05) is 5.32 Å². The highest BCUT2D eigenvalue weighted by molar-refractivity contribution is 7.15. The summed E-state index contributed by atoms with van der Waals surface area (Å²) in [6.07, 6.45) is -4.42. The maximum atomic E-state index is 12.2. The lowest BCUT2D eigenvalue weighted by Crippen LogP contribution is -2.03. The SMILES string of the molecule is FC(F)(F)c1nnc(NCc2cccs2)s1. The van der Waals surface area contributed by atoms with Crippen LogP contribution in [0.3, 0.4) is 0 Å². The van der Waals surface area contributed by atoms with Gasteiger partial charge in [0, 0.05) is 4.88 Å². The van der Waals surface area contributed by atoms with Gasteiger partial charge in [0.25, 0.3) is 0 Å². The fourth-order valence-corrected chi connectivity index (χ4v) is 2.24. The fourth-order valence-electron chi connectivity index (χ4n) is 0.985. The average molecular weight is 265 g/mol. The summed E-state index contributed by atoms with van der Waals surface area (Å²) in [5.41, 5.74) is 0. The molecule has 0 aliphatic heterocycles. The van der Waals surface area contributed by atoms with Gasteiger partial charge in [-0.15, -0.1) is 21.5 Å². The van der Waals surface area contributed by atoms with Crippen molar-refractivity contribution < 1.29 is 13.2 Å². The van der Waals surface area contributed by atoms with E-state index in [9.17, 15) is 13.2 Å². The Kier molecular flexibility index (Phi) is 3.10. The predicted octanol–water partition coefficient (Wildman–Crippen LogP) is 3.23. The minimum absolute atomic E-state index is 0.181. The van der Waals surface area contributed by atoms with Crippen molar-refractivity contribution in [2.45, 2.75) is 12.7 Å². The first kappa shape index (κ1) is 11.3. The number of anilines is 1. The molecule has 0 fully saturated rings. The molecule has 2 aromatic heterocycles. The van der Waals surface area contributed by atoms with Crippen LogP contribution in [0.25, 0.3) is 0 Å². The number of halogens is 3. The topological polar surface area (TPSA) is 37.8 Å². The predicted molar refractivity (Wildman–Crippen MR) is 56.6 cm³/mol. The number of nitrogens with zero attached hydrogens (tertiary/aromatic N) is 2. The van der Waals surface area contributed by atoms with E-state index in [4.69, 9.17) is 0 Å². The van der Waals surface area contributed by atoms with Crippen molar-refractivity contribution in [3.63, 3.8) is 0 Å². The van der Waals surface area contributed by atoms with E-state index in [1.54, 1.807) is 0 Å². The summed E-state index contributed by atoms with van der Waals surface area (Å²) in [4.78, 5) is 1.03. The summed E-state index contributed by atoms with van der Waals surface area (Å²) in [7, 11) is 0. The van der Waals surface area contributed by atoms with E-state index in [-0.39, 0.29) is 5.13 Å². The van der Waals surface area contributed by atoms with Crippen molar-refractivity contribution in [2.24, 2.45) is 0 Å². The molecule has 0 aromatic carbocycles. The molecule has 0 aliphatic rings. The standard InChI is InChI=1S/C8H6F3N3S2/c9-8(10,11)6-13-14-7(16-6)12-4-5-2-1-3-15-5/h1-3H,4H2,(H,12,14). The first-order chi connectivity index (χ1) is 7.55. The third-order valence-corrected chi connectivity index (χ3v) is 3.46. The molecule has 0 bridgehead atoms. The smallest absolute Gasteiger partial charge is 0.355 e. The van der Waals surface area contributed by atoms with E-state index >= 15 is 0 Å². The van der Waals surface area contributed by atoms with Gasteiger partial charge in [0.05, 0.1) is 6.54 Å². The summed E-state index contributed by atoms with van der Waals surface area (Å²) in [5, 5.41) is 10.4. The number of hydrogen-bond acceptors (Lipinski definition) is 5. The van der Waals surface area contributed by atoms with Gasteiger partial charge < -0.3 is 5.32 Å². The molecule has 86 valence electrons. The van der Waals surface area contributed by atoms with Gasteiger partial charge in [-0.05, 0) is 11.4 Å². The number of alkyl halides is 3. The molecule has 0 amide bonds. The number of thiophene rings is 1. The van der Waals surface area contributed by atoms with E-state index in [2.05, 4.69) is 15.5 Å². The molecule has 16 heavy (non-hydrogen) atoms. The van der Waals surface area contributed by atoms with Crippen LogP contribution in [-0.4, -0.2) is 10.2 Å². The Labute approximate surface area is 97.0 Å².